The quantitative estimate of drug-likeness (QED) is 0.202. The van der Waals surface area contributed by atoms with Gasteiger partial charge in [-0.25, -0.2) is 9.59 Å². The smallest absolute Gasteiger partial charge is 0.343 e. The molecular weight excluding hydrogens is 440 g/mol. The second kappa shape index (κ2) is 9.11. The maximum Gasteiger partial charge on any atom is 0.343 e. The summed E-state index contributed by atoms with van der Waals surface area (Å²) in [6.07, 6.45) is 0. The predicted octanol–water partition coefficient (Wildman–Crippen LogP) is 7.27. The molecule has 0 fully saturated rings. The van der Waals surface area contributed by atoms with Crippen molar-refractivity contribution in [1.82, 2.24) is 0 Å². The third kappa shape index (κ3) is 4.17. The molecule has 0 atom stereocenters. The Kier molecular flexibility index (Phi) is 5.83. The average molecular weight is 465 g/mol. The fraction of sp³-hybridized carbons (Fsp3) is 0.133. The lowest BCUT2D eigenvalue weighted by molar-refractivity contribution is 0.0528. The van der Waals surface area contributed by atoms with Crippen molar-refractivity contribution in [3.63, 3.8) is 0 Å². The van der Waals surface area contributed by atoms with Crippen molar-refractivity contribution < 1.29 is 23.5 Å². The van der Waals surface area contributed by atoms with E-state index in [2.05, 4.69) is 0 Å². The molecule has 0 saturated heterocycles. The van der Waals surface area contributed by atoms with Crippen LogP contribution in [0.2, 0.25) is 0 Å². The Bertz CT molecular complexity index is 1560. The van der Waals surface area contributed by atoms with E-state index < -0.39 is 11.9 Å². The van der Waals surface area contributed by atoms with Crippen molar-refractivity contribution in [3.05, 3.63) is 101 Å². The lowest BCUT2D eigenvalue weighted by atomic mass is 10.0. The number of hydrogen-bond acceptors (Lipinski definition) is 5. The number of rotatable bonds is 5. The van der Waals surface area contributed by atoms with Crippen molar-refractivity contribution in [3.8, 4) is 17.1 Å². The summed E-state index contributed by atoms with van der Waals surface area (Å²) in [6, 6.07) is 24.2. The van der Waals surface area contributed by atoms with Gasteiger partial charge in [0.2, 0.25) is 0 Å². The van der Waals surface area contributed by atoms with Crippen LogP contribution in [-0.4, -0.2) is 18.5 Å². The highest BCUT2D eigenvalue weighted by Gasteiger charge is 2.26. The minimum absolute atomic E-state index is 0.224. The van der Waals surface area contributed by atoms with Gasteiger partial charge in [-0.05, 0) is 39.0 Å². The van der Waals surface area contributed by atoms with Gasteiger partial charge >= 0.3 is 11.9 Å². The van der Waals surface area contributed by atoms with Gasteiger partial charge in [-0.15, -0.1) is 0 Å². The highest BCUT2D eigenvalue weighted by atomic mass is 16.5. The Hall–Kier alpha value is -4.38. The standard InChI is InChI=1S/C30H24O5/c1-4-33-30(32)26-24-17-25(34-29(31)21-15-18(2)14-19(3)16-21)22-12-8-9-13-23(22)28(24)35-27(26)20-10-6-5-7-11-20/h5-17H,4H2,1-3H3. The van der Waals surface area contributed by atoms with E-state index in [-0.39, 0.29) is 6.61 Å². The summed E-state index contributed by atoms with van der Waals surface area (Å²) >= 11 is 0. The van der Waals surface area contributed by atoms with Crippen LogP contribution in [0.1, 0.15) is 38.8 Å². The van der Waals surface area contributed by atoms with Crippen LogP contribution in [0.4, 0.5) is 0 Å². The van der Waals surface area contributed by atoms with E-state index in [1.807, 2.05) is 74.5 Å². The highest BCUT2D eigenvalue weighted by Crippen LogP contribution is 2.41. The number of esters is 2. The summed E-state index contributed by atoms with van der Waals surface area (Å²) in [4.78, 5) is 26.2. The van der Waals surface area contributed by atoms with Crippen LogP contribution < -0.4 is 4.74 Å². The van der Waals surface area contributed by atoms with E-state index in [9.17, 15) is 9.59 Å². The van der Waals surface area contributed by atoms with Crippen LogP contribution in [0.5, 0.6) is 5.75 Å². The molecule has 1 aromatic heterocycles. The molecule has 4 aromatic carbocycles. The second-order valence-corrected chi connectivity index (χ2v) is 8.46. The number of carbonyl (C=O) groups excluding carboxylic acids is 2. The maximum atomic E-state index is 13.1. The normalized spacial score (nSPS) is 11.1. The van der Waals surface area contributed by atoms with Crippen LogP contribution in [0.15, 0.2) is 83.3 Å². The maximum absolute atomic E-state index is 13.1. The Morgan fingerprint density at radius 3 is 2.11 bits per heavy atom. The zero-order valence-electron chi connectivity index (χ0n) is 19.8. The number of furan rings is 1. The molecule has 0 aliphatic carbocycles. The lowest BCUT2D eigenvalue weighted by Gasteiger charge is -2.10. The third-order valence-corrected chi connectivity index (χ3v) is 5.83. The zero-order valence-corrected chi connectivity index (χ0v) is 19.8. The van der Waals surface area contributed by atoms with Crippen molar-refractivity contribution >= 4 is 33.7 Å². The molecule has 5 aromatic rings. The molecule has 0 aliphatic rings. The van der Waals surface area contributed by atoms with Crippen molar-refractivity contribution in [2.24, 2.45) is 0 Å². The van der Waals surface area contributed by atoms with Crippen LogP contribution >= 0.6 is 0 Å². The molecule has 0 aliphatic heterocycles. The number of aryl methyl sites for hydroxylation is 2. The summed E-state index contributed by atoms with van der Waals surface area (Å²) in [5.74, 6) is -0.192. The van der Waals surface area contributed by atoms with Crippen molar-refractivity contribution in [2.75, 3.05) is 6.61 Å². The van der Waals surface area contributed by atoms with Crippen LogP contribution in [0.25, 0.3) is 33.1 Å². The van der Waals surface area contributed by atoms with Gasteiger partial charge in [0.15, 0.2) is 0 Å². The molecule has 35 heavy (non-hydrogen) atoms. The third-order valence-electron chi connectivity index (χ3n) is 5.83. The molecule has 0 saturated carbocycles. The SMILES string of the molecule is CCOC(=O)c1c(-c2ccccc2)oc2c1cc(OC(=O)c1cc(C)cc(C)c1)c1ccccc12. The van der Waals surface area contributed by atoms with E-state index in [1.54, 1.807) is 25.1 Å². The number of carbonyl (C=O) groups is 2. The van der Waals surface area contributed by atoms with E-state index in [4.69, 9.17) is 13.9 Å². The van der Waals surface area contributed by atoms with Gasteiger partial charge in [-0.1, -0.05) is 71.8 Å². The van der Waals surface area contributed by atoms with Gasteiger partial charge in [0.25, 0.3) is 0 Å². The Morgan fingerprint density at radius 2 is 1.43 bits per heavy atom. The van der Waals surface area contributed by atoms with Crippen LogP contribution in [-0.2, 0) is 4.74 Å². The number of ether oxygens (including phenoxy) is 2. The number of hydrogen-bond donors (Lipinski definition) is 0. The first kappa shape index (κ1) is 22.4. The summed E-state index contributed by atoms with van der Waals surface area (Å²) in [7, 11) is 0. The second-order valence-electron chi connectivity index (χ2n) is 8.46. The molecule has 174 valence electrons. The van der Waals surface area contributed by atoms with Gasteiger partial charge in [0.1, 0.15) is 22.7 Å². The average Bonchev–Trinajstić information content (AvgIpc) is 3.24. The minimum Gasteiger partial charge on any atom is -0.462 e. The largest absolute Gasteiger partial charge is 0.462 e. The molecule has 0 spiro atoms. The summed E-state index contributed by atoms with van der Waals surface area (Å²) < 4.78 is 17.6. The van der Waals surface area contributed by atoms with Gasteiger partial charge in [0, 0.05) is 21.7 Å². The number of fused-ring (bicyclic) bond motifs is 3. The van der Waals surface area contributed by atoms with Gasteiger partial charge in [0.05, 0.1) is 12.2 Å². The molecule has 0 unspecified atom stereocenters. The molecule has 0 bridgehead atoms. The van der Waals surface area contributed by atoms with Crippen molar-refractivity contribution in [2.45, 2.75) is 20.8 Å². The van der Waals surface area contributed by atoms with Crippen LogP contribution in [0.3, 0.4) is 0 Å². The fourth-order valence-electron chi connectivity index (χ4n) is 4.42. The van der Waals surface area contributed by atoms with Crippen molar-refractivity contribution in [1.29, 1.82) is 0 Å². The molecule has 5 nitrogen and oxygen atoms in total. The van der Waals surface area contributed by atoms with E-state index in [0.29, 0.717) is 39.0 Å². The zero-order chi connectivity index (χ0) is 24.5. The first-order valence-corrected chi connectivity index (χ1v) is 11.5. The Balaban J connectivity index is 1.74. The van der Waals surface area contributed by atoms with Gasteiger partial charge < -0.3 is 13.9 Å². The lowest BCUT2D eigenvalue weighted by Crippen LogP contribution is -2.10. The minimum atomic E-state index is -0.494. The fourth-order valence-corrected chi connectivity index (χ4v) is 4.42. The number of benzene rings is 4. The summed E-state index contributed by atoms with van der Waals surface area (Å²) in [6.45, 7) is 5.86. The Labute approximate surface area is 202 Å². The predicted molar refractivity (Wildman–Crippen MR) is 136 cm³/mol. The molecule has 0 radical (unpaired) electrons. The molecule has 0 amide bonds. The highest BCUT2D eigenvalue weighted by molar-refractivity contribution is 6.17. The first-order chi connectivity index (χ1) is 17.0. The van der Waals surface area contributed by atoms with Gasteiger partial charge in [-0.3, -0.25) is 0 Å². The molecule has 0 N–H and O–H groups in total. The van der Waals surface area contributed by atoms with E-state index >= 15 is 0 Å². The monoisotopic (exact) mass is 464 g/mol. The molecular formula is C30H24O5. The van der Waals surface area contributed by atoms with E-state index in [1.165, 1.54) is 0 Å². The topological polar surface area (TPSA) is 65.7 Å². The summed E-state index contributed by atoms with van der Waals surface area (Å²) in [5.41, 5.74) is 4.02. The van der Waals surface area contributed by atoms with Gasteiger partial charge in [-0.2, -0.15) is 0 Å². The molecule has 1 heterocycles. The Morgan fingerprint density at radius 1 is 0.771 bits per heavy atom. The molecule has 5 heteroatoms. The molecule has 5 rings (SSSR count). The van der Waals surface area contributed by atoms with Crippen LogP contribution in [0, 0.1) is 13.8 Å². The van der Waals surface area contributed by atoms with E-state index in [0.717, 1.165) is 22.1 Å². The first-order valence-electron chi connectivity index (χ1n) is 11.5. The summed E-state index contributed by atoms with van der Waals surface area (Å²) in [5, 5.41) is 1.98.